The van der Waals surface area contributed by atoms with E-state index in [1.54, 1.807) is 44.4 Å². The van der Waals surface area contributed by atoms with Crippen LogP contribution in [0.2, 0.25) is 0 Å². The Hall–Kier alpha value is -4.83. The number of carbonyl (C=O) groups is 2. The Kier molecular flexibility index (Phi) is 10.8. The molecule has 0 aromatic heterocycles. The fraction of sp³-hybridized carbons (Fsp3) is 0.212. The van der Waals surface area contributed by atoms with Gasteiger partial charge in [-0.3, -0.25) is 9.59 Å². The number of ether oxygens (including phenoxy) is 2. The largest absolute Gasteiger partial charge is 0.496 e. The van der Waals surface area contributed by atoms with Gasteiger partial charge in [-0.1, -0.05) is 36.4 Å². The Bertz CT molecular complexity index is 1610. The molecular weight excluding hydrogens is 564 g/mol. The second-order valence-electron chi connectivity index (χ2n) is 9.71. The van der Waals surface area contributed by atoms with Gasteiger partial charge in [0.25, 0.3) is 11.8 Å². The lowest BCUT2D eigenvalue weighted by atomic mass is 10.0. The Morgan fingerprint density at radius 1 is 0.814 bits per heavy atom. The Balaban J connectivity index is 1.43. The maximum absolute atomic E-state index is 13.6. The van der Waals surface area contributed by atoms with E-state index in [0.717, 1.165) is 16.8 Å². The molecular formula is C33H36N4O5S. The van der Waals surface area contributed by atoms with Crippen LogP contribution in [0.1, 0.15) is 27.6 Å². The summed E-state index contributed by atoms with van der Waals surface area (Å²) in [5, 5.41) is 6.16. The normalized spacial score (nSPS) is 11.3. The minimum absolute atomic E-state index is 0.0921. The zero-order chi connectivity index (χ0) is 30.8. The highest BCUT2D eigenvalue weighted by Crippen LogP contribution is 2.31. The van der Waals surface area contributed by atoms with Crippen LogP contribution >= 0.6 is 0 Å². The molecule has 9 nitrogen and oxygen atoms in total. The summed E-state index contributed by atoms with van der Waals surface area (Å²) in [6.45, 7) is 3.17. The second-order valence-corrected chi connectivity index (χ2v) is 10.9. The van der Waals surface area contributed by atoms with Crippen LogP contribution in [0.5, 0.6) is 11.5 Å². The van der Waals surface area contributed by atoms with Crippen molar-refractivity contribution < 1.29 is 23.3 Å². The lowest BCUT2D eigenvalue weighted by Crippen LogP contribution is -2.29. The molecule has 0 aliphatic carbocycles. The third kappa shape index (κ3) is 8.14. The maximum Gasteiger partial charge on any atom is 0.255 e. The van der Waals surface area contributed by atoms with Crippen molar-refractivity contribution in [2.24, 2.45) is 0 Å². The van der Waals surface area contributed by atoms with Crippen molar-refractivity contribution in [2.75, 3.05) is 50.9 Å². The standard InChI is InChI=1S/C33H36N4O5S/c1-5-42-30-17-16-24(23-10-8-11-25(20-23)33(39)37(2)3)21-31(30)43(40)36-27-13-9-12-26(22-27)34-18-19-35-32(38)28-14-6-7-15-29(28)41-4/h6-17,20-22,34,36H,5,18-19H2,1-4H3,(H,35,38). The highest BCUT2D eigenvalue weighted by molar-refractivity contribution is 7.86. The first-order valence-electron chi connectivity index (χ1n) is 13.8. The summed E-state index contributed by atoms with van der Waals surface area (Å²) in [7, 11) is 3.31. The van der Waals surface area contributed by atoms with Crippen molar-refractivity contribution in [1.29, 1.82) is 0 Å². The number of para-hydroxylation sites is 1. The first-order valence-corrected chi connectivity index (χ1v) is 15.0. The molecule has 2 amide bonds. The number of nitrogens with zero attached hydrogens (tertiary/aromatic N) is 1. The molecule has 224 valence electrons. The van der Waals surface area contributed by atoms with Gasteiger partial charge in [0.05, 0.1) is 19.3 Å². The number of benzene rings is 4. The first-order chi connectivity index (χ1) is 20.8. The van der Waals surface area contributed by atoms with Crippen molar-refractivity contribution >= 4 is 34.2 Å². The minimum atomic E-state index is -1.65. The van der Waals surface area contributed by atoms with E-state index >= 15 is 0 Å². The molecule has 43 heavy (non-hydrogen) atoms. The van der Waals surface area contributed by atoms with Gasteiger partial charge in [-0.25, -0.2) is 4.21 Å². The smallest absolute Gasteiger partial charge is 0.255 e. The summed E-state index contributed by atoms with van der Waals surface area (Å²) in [4.78, 5) is 27.0. The van der Waals surface area contributed by atoms with Crippen LogP contribution in [-0.4, -0.2) is 61.8 Å². The van der Waals surface area contributed by atoms with E-state index in [4.69, 9.17) is 9.47 Å². The minimum Gasteiger partial charge on any atom is -0.496 e. The summed E-state index contributed by atoms with van der Waals surface area (Å²) in [6.07, 6.45) is 0. The van der Waals surface area contributed by atoms with Gasteiger partial charge in [0, 0.05) is 44.1 Å². The molecule has 4 aromatic rings. The van der Waals surface area contributed by atoms with E-state index in [2.05, 4.69) is 15.4 Å². The van der Waals surface area contributed by atoms with Crippen LogP contribution < -0.4 is 24.8 Å². The number of hydrogen-bond donors (Lipinski definition) is 3. The third-order valence-electron chi connectivity index (χ3n) is 6.46. The summed E-state index contributed by atoms with van der Waals surface area (Å²) in [6, 6.07) is 27.3. The number of nitrogens with one attached hydrogen (secondary N) is 3. The first kappa shape index (κ1) is 31.1. The van der Waals surface area contributed by atoms with Crippen molar-refractivity contribution in [3.05, 3.63) is 102 Å². The third-order valence-corrected chi connectivity index (χ3v) is 7.60. The van der Waals surface area contributed by atoms with Crippen molar-refractivity contribution in [3.8, 4) is 22.6 Å². The second kappa shape index (κ2) is 14.9. The summed E-state index contributed by atoms with van der Waals surface area (Å²) >= 11 is 0. The van der Waals surface area contributed by atoms with E-state index in [0.29, 0.717) is 52.9 Å². The molecule has 0 saturated carbocycles. The SMILES string of the molecule is CCOc1ccc(-c2cccc(C(=O)N(C)C)c2)cc1S(=O)Nc1cccc(NCCNC(=O)c2ccccc2OC)c1. The zero-order valence-electron chi connectivity index (χ0n) is 24.7. The molecule has 0 aliphatic heterocycles. The van der Waals surface area contributed by atoms with E-state index in [1.165, 1.54) is 12.0 Å². The van der Waals surface area contributed by atoms with E-state index < -0.39 is 11.0 Å². The molecule has 0 bridgehead atoms. The quantitative estimate of drug-likeness (QED) is 0.177. The summed E-state index contributed by atoms with van der Waals surface area (Å²) in [5.74, 6) is 0.724. The maximum atomic E-state index is 13.6. The van der Waals surface area contributed by atoms with Gasteiger partial charge in [0.15, 0.2) is 11.0 Å². The highest BCUT2D eigenvalue weighted by atomic mass is 32.2. The molecule has 0 heterocycles. The average Bonchev–Trinajstić information content (AvgIpc) is 3.03. The van der Waals surface area contributed by atoms with Gasteiger partial charge in [0.2, 0.25) is 0 Å². The fourth-order valence-electron chi connectivity index (χ4n) is 4.36. The molecule has 1 unspecified atom stereocenters. The van der Waals surface area contributed by atoms with Crippen LogP contribution in [0.4, 0.5) is 11.4 Å². The number of hydrogen-bond acceptors (Lipinski definition) is 6. The molecule has 1 atom stereocenters. The summed E-state index contributed by atoms with van der Waals surface area (Å²) in [5.41, 5.74) is 4.14. The van der Waals surface area contributed by atoms with E-state index in [-0.39, 0.29) is 11.8 Å². The fourth-order valence-corrected chi connectivity index (χ4v) is 5.36. The molecule has 0 spiro atoms. The van der Waals surface area contributed by atoms with Gasteiger partial charge in [-0.2, -0.15) is 0 Å². The van der Waals surface area contributed by atoms with Crippen LogP contribution in [0.3, 0.4) is 0 Å². The molecule has 3 N–H and O–H groups in total. The summed E-state index contributed by atoms with van der Waals surface area (Å²) < 4.78 is 27.7. The van der Waals surface area contributed by atoms with Gasteiger partial charge in [-0.05, 0) is 72.6 Å². The molecule has 10 heteroatoms. The van der Waals surface area contributed by atoms with Gasteiger partial charge >= 0.3 is 0 Å². The van der Waals surface area contributed by atoms with Crippen molar-refractivity contribution in [2.45, 2.75) is 11.8 Å². The molecule has 4 rings (SSSR count). The Morgan fingerprint density at radius 3 is 2.33 bits per heavy atom. The van der Waals surface area contributed by atoms with Crippen molar-refractivity contribution in [1.82, 2.24) is 10.2 Å². The molecule has 0 saturated heterocycles. The Labute approximate surface area is 254 Å². The van der Waals surface area contributed by atoms with Gasteiger partial charge < -0.3 is 29.7 Å². The van der Waals surface area contributed by atoms with Crippen LogP contribution in [0.25, 0.3) is 11.1 Å². The highest BCUT2D eigenvalue weighted by Gasteiger charge is 2.16. The molecule has 0 aliphatic rings. The van der Waals surface area contributed by atoms with Crippen LogP contribution in [-0.2, 0) is 11.0 Å². The lowest BCUT2D eigenvalue weighted by molar-refractivity contribution is 0.0827. The predicted octanol–water partition coefficient (Wildman–Crippen LogP) is 5.44. The van der Waals surface area contributed by atoms with Gasteiger partial charge in [-0.15, -0.1) is 0 Å². The molecule has 0 fully saturated rings. The predicted molar refractivity (Wildman–Crippen MR) is 171 cm³/mol. The Morgan fingerprint density at radius 2 is 1.56 bits per heavy atom. The topological polar surface area (TPSA) is 109 Å². The van der Waals surface area contributed by atoms with E-state index in [9.17, 15) is 13.8 Å². The average molecular weight is 601 g/mol. The number of amides is 2. The number of carbonyl (C=O) groups excluding carboxylic acids is 2. The zero-order valence-corrected chi connectivity index (χ0v) is 25.5. The lowest BCUT2D eigenvalue weighted by Gasteiger charge is -2.15. The van der Waals surface area contributed by atoms with E-state index in [1.807, 2.05) is 67.6 Å². The number of anilines is 2. The number of rotatable bonds is 13. The van der Waals surface area contributed by atoms with Gasteiger partial charge in [0.1, 0.15) is 16.4 Å². The molecule has 4 aromatic carbocycles. The molecule has 0 radical (unpaired) electrons. The van der Waals surface area contributed by atoms with Crippen LogP contribution in [0, 0.1) is 0 Å². The van der Waals surface area contributed by atoms with Crippen molar-refractivity contribution in [3.63, 3.8) is 0 Å². The van der Waals surface area contributed by atoms with Crippen LogP contribution in [0.15, 0.2) is 95.9 Å². The monoisotopic (exact) mass is 600 g/mol. The number of methoxy groups -OCH3 is 1.